The van der Waals surface area contributed by atoms with Crippen LogP contribution in [-0.2, 0) is 0 Å². The molecule has 6 aromatic carbocycles. The van der Waals surface area contributed by atoms with Crippen LogP contribution in [-0.4, -0.2) is 16.1 Å². The zero-order valence-electron chi connectivity index (χ0n) is 46.8. The molecule has 0 aliphatic carbocycles. The molecule has 2 heteroatoms. The normalized spacial score (nSPS) is 10.6. The lowest BCUT2D eigenvalue weighted by molar-refractivity contribution is 0.838. The highest BCUT2D eigenvalue weighted by atomic mass is 28.3. The Balaban J connectivity index is 1.68. The molecule has 0 N–H and O–H groups in total. The van der Waals surface area contributed by atoms with Crippen LogP contribution in [0.1, 0.15) is 116 Å². The molecule has 6 rings (SSSR count). The predicted molar refractivity (Wildman–Crippen MR) is 333 cm³/mol. The highest BCUT2D eigenvalue weighted by Crippen LogP contribution is 2.42. The Kier molecular flexibility index (Phi) is 21.0. The monoisotopic (exact) mass is 1020 g/mol. The van der Waals surface area contributed by atoms with Crippen LogP contribution < -0.4 is 0 Å². The van der Waals surface area contributed by atoms with Gasteiger partial charge in [-0.15, -0.1) is 11.1 Å². The van der Waals surface area contributed by atoms with E-state index in [0.29, 0.717) is 55.5 Å². The summed E-state index contributed by atoms with van der Waals surface area (Å²) in [4.78, 5) is 0. The molecule has 0 saturated carbocycles. The summed E-state index contributed by atoms with van der Waals surface area (Å²) >= 11 is 0. The summed E-state index contributed by atoms with van der Waals surface area (Å²) in [5.74, 6) is 21.4. The van der Waals surface area contributed by atoms with Crippen molar-refractivity contribution in [3.05, 3.63) is 250 Å². The van der Waals surface area contributed by atoms with Crippen LogP contribution in [0.25, 0.3) is 33.4 Å². The lowest BCUT2D eigenvalue weighted by atomic mass is 10.0. The van der Waals surface area contributed by atoms with Gasteiger partial charge >= 0.3 is 0 Å². The molecule has 6 aromatic rings. The van der Waals surface area contributed by atoms with E-state index >= 15 is 0 Å². The van der Waals surface area contributed by atoms with Crippen LogP contribution in [0.4, 0.5) is 0 Å². The van der Waals surface area contributed by atoms with Crippen molar-refractivity contribution in [1.29, 1.82) is 0 Å². The molecule has 76 heavy (non-hydrogen) atoms. The maximum atomic E-state index is 3.93. The van der Waals surface area contributed by atoms with Gasteiger partial charge in [0.05, 0.1) is 33.4 Å². The topological polar surface area (TPSA) is 0 Å². The average Bonchev–Trinajstić information content (AvgIpc) is 3.43. The van der Waals surface area contributed by atoms with E-state index in [4.69, 9.17) is 0 Å². The van der Waals surface area contributed by atoms with Gasteiger partial charge in [0.15, 0.2) is 0 Å². The SMILES string of the molecule is CC(C)[Si](C#CC(=C=C=C(C#CC(=C=C=C(C#CC(=C=C=C(C#C[Si](C(C)C)(C(C)C)C(C)C)c1ccccc1)c1ccccc1)c1ccccc1)c1ccccc1)c1ccccc1)c1ccccc1)(C(C)C)C(C)C. The van der Waals surface area contributed by atoms with Crippen LogP contribution in [0.2, 0.25) is 33.2 Å². The van der Waals surface area contributed by atoms with E-state index in [2.05, 4.69) is 213 Å². The summed E-state index contributed by atoms with van der Waals surface area (Å²) in [7, 11) is -4.10. The molecule has 0 fully saturated rings. The maximum Gasteiger partial charge on any atom is 0.146 e. The predicted octanol–water partition coefficient (Wildman–Crippen LogP) is 19.2. The van der Waals surface area contributed by atoms with Crippen LogP contribution in [0.15, 0.2) is 216 Å². The molecule has 0 aliphatic heterocycles. The van der Waals surface area contributed by atoms with Crippen LogP contribution in [0, 0.1) is 46.6 Å². The lowest BCUT2D eigenvalue weighted by Gasteiger charge is -2.38. The van der Waals surface area contributed by atoms with Crippen molar-refractivity contribution in [3.8, 4) is 46.6 Å². The van der Waals surface area contributed by atoms with Gasteiger partial charge in [-0.25, -0.2) is 0 Å². The van der Waals surface area contributed by atoms with E-state index in [1.54, 1.807) is 0 Å². The number of allylic oxidation sites excluding steroid dienone is 6. The molecule has 0 amide bonds. The van der Waals surface area contributed by atoms with Gasteiger partial charge in [-0.3, -0.25) is 0 Å². The first-order valence-corrected chi connectivity index (χ1v) is 31.3. The van der Waals surface area contributed by atoms with Crippen LogP contribution in [0.3, 0.4) is 0 Å². The third-order valence-corrected chi connectivity index (χ3v) is 27.1. The number of benzene rings is 6. The molecule has 0 heterocycles. The van der Waals surface area contributed by atoms with Crippen molar-refractivity contribution in [2.45, 2.75) is 116 Å². The van der Waals surface area contributed by atoms with E-state index in [1.165, 1.54) is 0 Å². The minimum absolute atomic E-state index is 0.493. The average molecular weight is 1020 g/mol. The fourth-order valence-electron chi connectivity index (χ4n) is 10.5. The van der Waals surface area contributed by atoms with Crippen molar-refractivity contribution >= 4 is 49.6 Å². The zero-order valence-corrected chi connectivity index (χ0v) is 48.8. The third-order valence-electron chi connectivity index (χ3n) is 14.5. The highest BCUT2D eigenvalue weighted by Gasteiger charge is 2.42. The molecule has 0 atom stereocenters. The second-order valence-corrected chi connectivity index (χ2v) is 32.2. The highest BCUT2D eigenvalue weighted by molar-refractivity contribution is 6.91. The standard InChI is InChI=1S/C74H72Si2/c1-57(2)75(58(3)4,59(5)6)55-53-73(67-39-27-17-28-40-67)51-49-71(65-35-23-15-24-36-65)47-45-69(63-31-19-13-20-32-63)43-44-70(64-33-21-14-22-34-64)46-48-72(66-37-25-16-26-38-66)50-52-74(68-41-29-18-30-42-68)54-56-76(60(7)8,61(9)10)62(11)12/h13-42,57-62H,1-12H3. The Labute approximate surface area is 459 Å². The second-order valence-electron chi connectivity index (χ2n) is 21.0. The molecular weight excluding hydrogens is 945 g/mol. The Morgan fingerprint density at radius 3 is 0.513 bits per heavy atom. The summed E-state index contributed by atoms with van der Waals surface area (Å²) in [6.07, 6.45) is 0. The molecule has 0 spiro atoms. The second kappa shape index (κ2) is 28.0. The molecule has 0 unspecified atom stereocenters. The quantitative estimate of drug-likeness (QED) is 0.0651. The van der Waals surface area contributed by atoms with Crippen molar-refractivity contribution in [2.75, 3.05) is 0 Å². The summed E-state index contributed by atoms with van der Waals surface area (Å²) in [6, 6.07) is 61.2. The van der Waals surface area contributed by atoms with E-state index in [0.717, 1.165) is 44.5 Å². The Morgan fingerprint density at radius 2 is 0.368 bits per heavy atom. The molecule has 0 nitrogen and oxygen atoms in total. The molecular formula is C74H72Si2. The van der Waals surface area contributed by atoms with Crippen molar-refractivity contribution in [1.82, 2.24) is 0 Å². The van der Waals surface area contributed by atoms with E-state index in [1.807, 2.05) is 133 Å². The van der Waals surface area contributed by atoms with Gasteiger partial charge in [0, 0.05) is 0 Å². The Bertz CT molecular complexity index is 3240. The first-order valence-electron chi connectivity index (χ1n) is 26.9. The summed E-state index contributed by atoms with van der Waals surface area (Å²) < 4.78 is 0. The molecule has 0 aliphatic rings. The van der Waals surface area contributed by atoms with Gasteiger partial charge < -0.3 is 0 Å². The van der Waals surface area contributed by atoms with Crippen LogP contribution in [0.5, 0.6) is 0 Å². The minimum Gasteiger partial charge on any atom is -0.124 e. The molecule has 0 aromatic heterocycles. The van der Waals surface area contributed by atoms with Crippen molar-refractivity contribution in [3.63, 3.8) is 0 Å². The Hall–Kier alpha value is -8.11. The molecule has 0 saturated heterocycles. The van der Waals surface area contributed by atoms with Gasteiger partial charge in [-0.1, -0.05) is 335 Å². The number of rotatable bonds is 12. The van der Waals surface area contributed by atoms with E-state index in [-0.39, 0.29) is 0 Å². The van der Waals surface area contributed by atoms with Gasteiger partial charge in [0.25, 0.3) is 0 Å². The zero-order chi connectivity index (χ0) is 54.5. The largest absolute Gasteiger partial charge is 0.146 e. The van der Waals surface area contributed by atoms with Crippen LogP contribution >= 0.6 is 0 Å². The van der Waals surface area contributed by atoms with Crippen molar-refractivity contribution < 1.29 is 0 Å². The van der Waals surface area contributed by atoms with Crippen molar-refractivity contribution in [2.24, 2.45) is 0 Å². The van der Waals surface area contributed by atoms with Gasteiger partial charge in [-0.05, 0) is 66.6 Å². The number of hydrogen-bond acceptors (Lipinski definition) is 0. The minimum atomic E-state index is -2.05. The molecule has 376 valence electrons. The van der Waals surface area contributed by atoms with Gasteiger partial charge in [-0.2, -0.15) is 0 Å². The molecule has 0 bridgehead atoms. The first kappa shape index (κ1) is 57.2. The summed E-state index contributed by atoms with van der Waals surface area (Å²) in [5.41, 5.74) is 41.8. The fourth-order valence-corrected chi connectivity index (χ4v) is 20.9. The molecule has 0 radical (unpaired) electrons. The number of hydrogen-bond donors (Lipinski definition) is 0. The first-order chi connectivity index (χ1) is 36.7. The maximum absolute atomic E-state index is 3.93. The summed E-state index contributed by atoms with van der Waals surface area (Å²) in [5, 5.41) is 0. The van der Waals surface area contributed by atoms with Gasteiger partial charge in [0.2, 0.25) is 0 Å². The van der Waals surface area contributed by atoms with E-state index in [9.17, 15) is 0 Å². The fraction of sp³-hybridized carbons (Fsp3) is 0.243. The van der Waals surface area contributed by atoms with E-state index < -0.39 is 16.1 Å². The van der Waals surface area contributed by atoms with Gasteiger partial charge in [0.1, 0.15) is 16.1 Å². The lowest BCUT2D eigenvalue weighted by Crippen LogP contribution is -2.43. The third kappa shape index (κ3) is 14.8. The Morgan fingerprint density at radius 1 is 0.224 bits per heavy atom. The summed E-state index contributed by atoms with van der Waals surface area (Å²) in [6.45, 7) is 28.1. The smallest absolute Gasteiger partial charge is 0.124 e.